The van der Waals surface area contributed by atoms with Gasteiger partial charge >= 0.3 is 0 Å². The number of para-hydroxylation sites is 1. The highest BCUT2D eigenvalue weighted by Crippen LogP contribution is 2.28. The number of hydrogen-bond donors (Lipinski definition) is 1. The molecule has 6 nitrogen and oxygen atoms in total. The van der Waals surface area contributed by atoms with Crippen LogP contribution < -0.4 is 5.32 Å². The van der Waals surface area contributed by atoms with Gasteiger partial charge in [0, 0.05) is 4.47 Å². The molecular formula is C19H15BrN4O2S2. The Morgan fingerprint density at radius 2 is 2.07 bits per heavy atom. The van der Waals surface area contributed by atoms with Crippen molar-refractivity contribution in [2.45, 2.75) is 11.7 Å². The molecule has 1 aromatic carbocycles. The van der Waals surface area contributed by atoms with Crippen molar-refractivity contribution in [2.24, 2.45) is 0 Å². The second kappa shape index (κ2) is 8.76. The summed E-state index contributed by atoms with van der Waals surface area (Å²) in [5.74, 6) is 1.68. The minimum Gasteiger partial charge on any atom is -0.467 e. The molecule has 0 aliphatic heterocycles. The number of anilines is 1. The molecule has 9 heteroatoms. The summed E-state index contributed by atoms with van der Waals surface area (Å²) in [5, 5.41) is 14.2. The summed E-state index contributed by atoms with van der Waals surface area (Å²) in [7, 11) is 0. The van der Waals surface area contributed by atoms with Crippen LogP contribution in [0.3, 0.4) is 0 Å². The largest absolute Gasteiger partial charge is 0.467 e. The zero-order valence-electron chi connectivity index (χ0n) is 14.5. The zero-order valence-corrected chi connectivity index (χ0v) is 17.8. The van der Waals surface area contributed by atoms with E-state index in [4.69, 9.17) is 4.42 Å². The molecule has 3 aromatic heterocycles. The minimum atomic E-state index is -0.109. The summed E-state index contributed by atoms with van der Waals surface area (Å²) in [6.45, 7) is 0.501. The first-order valence-electron chi connectivity index (χ1n) is 8.37. The minimum absolute atomic E-state index is 0.109. The Bertz CT molecular complexity index is 1060. The molecule has 0 spiro atoms. The lowest BCUT2D eigenvalue weighted by Crippen LogP contribution is -2.15. The summed E-state index contributed by atoms with van der Waals surface area (Å²) in [5.41, 5.74) is 0.740. The Morgan fingerprint density at radius 1 is 1.18 bits per heavy atom. The van der Waals surface area contributed by atoms with Gasteiger partial charge < -0.3 is 9.73 Å². The van der Waals surface area contributed by atoms with E-state index in [9.17, 15) is 4.79 Å². The quantitative estimate of drug-likeness (QED) is 0.375. The van der Waals surface area contributed by atoms with Crippen molar-refractivity contribution in [2.75, 3.05) is 11.1 Å². The van der Waals surface area contributed by atoms with E-state index < -0.39 is 0 Å². The van der Waals surface area contributed by atoms with E-state index >= 15 is 0 Å². The van der Waals surface area contributed by atoms with Gasteiger partial charge in [-0.15, -0.1) is 21.5 Å². The predicted octanol–water partition coefficient (Wildman–Crippen LogP) is 5.14. The number of thioether (sulfide) groups is 1. The third kappa shape index (κ3) is 4.37. The number of hydrogen-bond acceptors (Lipinski definition) is 6. The van der Waals surface area contributed by atoms with Gasteiger partial charge in [-0.25, -0.2) is 0 Å². The summed E-state index contributed by atoms with van der Waals surface area (Å²) in [6, 6.07) is 15.2. The SMILES string of the molecule is O=C(CSc1nnc(-c2cccs2)n1Cc1ccco1)Nc1ccccc1Br. The maximum atomic E-state index is 12.4. The summed E-state index contributed by atoms with van der Waals surface area (Å²) < 4.78 is 8.30. The fourth-order valence-corrected chi connectivity index (χ4v) is 4.40. The van der Waals surface area contributed by atoms with Crippen LogP contribution in [-0.2, 0) is 11.3 Å². The smallest absolute Gasteiger partial charge is 0.234 e. The average molecular weight is 475 g/mol. The first kappa shape index (κ1) is 19.0. The molecule has 1 N–H and O–H groups in total. The van der Waals surface area contributed by atoms with Gasteiger partial charge in [-0.2, -0.15) is 0 Å². The van der Waals surface area contributed by atoms with Crippen molar-refractivity contribution < 1.29 is 9.21 Å². The second-order valence-electron chi connectivity index (χ2n) is 5.77. The molecule has 4 aromatic rings. The molecule has 3 heterocycles. The number of carbonyl (C=O) groups excluding carboxylic acids is 1. The average Bonchev–Trinajstić information content (AvgIpc) is 3.44. The van der Waals surface area contributed by atoms with Crippen LogP contribution in [0.2, 0.25) is 0 Å². The standard InChI is InChI=1S/C19H15BrN4O2S2/c20-14-6-1-2-7-15(14)21-17(25)12-28-19-23-22-18(16-8-4-10-27-16)24(19)11-13-5-3-9-26-13/h1-10H,11-12H2,(H,21,25). The number of aromatic nitrogens is 3. The number of nitrogens with one attached hydrogen (secondary N) is 1. The van der Waals surface area contributed by atoms with Crippen LogP contribution >= 0.6 is 39.0 Å². The third-order valence-electron chi connectivity index (χ3n) is 3.83. The van der Waals surface area contributed by atoms with E-state index in [2.05, 4.69) is 31.4 Å². The molecule has 28 heavy (non-hydrogen) atoms. The second-order valence-corrected chi connectivity index (χ2v) is 8.51. The lowest BCUT2D eigenvalue weighted by atomic mass is 10.3. The number of nitrogens with zero attached hydrogens (tertiary/aromatic N) is 3. The van der Waals surface area contributed by atoms with Gasteiger partial charge in [-0.05, 0) is 51.6 Å². The number of furan rings is 1. The normalized spacial score (nSPS) is 10.9. The van der Waals surface area contributed by atoms with Gasteiger partial charge in [-0.3, -0.25) is 9.36 Å². The van der Waals surface area contributed by atoms with Crippen molar-refractivity contribution >= 4 is 50.6 Å². The molecule has 0 bridgehead atoms. The van der Waals surface area contributed by atoms with Crippen LogP contribution in [0.1, 0.15) is 5.76 Å². The maximum Gasteiger partial charge on any atom is 0.234 e. The van der Waals surface area contributed by atoms with Crippen molar-refractivity contribution in [3.63, 3.8) is 0 Å². The fraction of sp³-hybridized carbons (Fsp3) is 0.105. The molecule has 0 fully saturated rings. The molecule has 0 unspecified atom stereocenters. The number of rotatable bonds is 7. The molecule has 4 rings (SSSR count). The van der Waals surface area contributed by atoms with E-state index in [1.54, 1.807) is 17.6 Å². The monoisotopic (exact) mass is 474 g/mol. The van der Waals surface area contributed by atoms with Gasteiger partial charge in [0.05, 0.1) is 29.1 Å². The molecule has 0 aliphatic carbocycles. The van der Waals surface area contributed by atoms with Crippen molar-refractivity contribution in [1.29, 1.82) is 0 Å². The van der Waals surface area contributed by atoms with Crippen LogP contribution in [0.25, 0.3) is 10.7 Å². The van der Waals surface area contributed by atoms with Crippen LogP contribution in [-0.4, -0.2) is 26.4 Å². The van der Waals surface area contributed by atoms with Crippen LogP contribution in [0.15, 0.2) is 74.2 Å². The fourth-order valence-electron chi connectivity index (χ4n) is 2.56. The van der Waals surface area contributed by atoms with E-state index in [1.165, 1.54) is 11.8 Å². The summed E-state index contributed by atoms with van der Waals surface area (Å²) >= 11 is 6.38. The molecule has 0 radical (unpaired) electrons. The molecule has 142 valence electrons. The summed E-state index contributed by atoms with van der Waals surface area (Å²) in [6.07, 6.45) is 1.64. The number of benzene rings is 1. The van der Waals surface area contributed by atoms with Crippen molar-refractivity contribution in [3.8, 4) is 10.7 Å². The Labute approximate surface area is 178 Å². The van der Waals surface area contributed by atoms with Crippen LogP contribution in [0, 0.1) is 0 Å². The first-order chi connectivity index (χ1) is 13.7. The molecule has 0 aliphatic rings. The van der Waals surface area contributed by atoms with E-state index in [1.807, 2.05) is 58.5 Å². The van der Waals surface area contributed by atoms with Crippen molar-refractivity contribution in [3.05, 3.63) is 70.4 Å². The van der Waals surface area contributed by atoms with Crippen LogP contribution in [0.4, 0.5) is 5.69 Å². The molecule has 1 amide bonds. The van der Waals surface area contributed by atoms with Gasteiger partial charge in [0.15, 0.2) is 11.0 Å². The third-order valence-corrected chi connectivity index (χ3v) is 6.36. The van der Waals surface area contributed by atoms with E-state index in [-0.39, 0.29) is 11.7 Å². The van der Waals surface area contributed by atoms with E-state index in [0.717, 1.165) is 26.6 Å². The topological polar surface area (TPSA) is 73.0 Å². The lowest BCUT2D eigenvalue weighted by Gasteiger charge is -2.09. The first-order valence-corrected chi connectivity index (χ1v) is 11.0. The maximum absolute atomic E-state index is 12.4. The highest BCUT2D eigenvalue weighted by atomic mass is 79.9. The molecule has 0 saturated carbocycles. The van der Waals surface area contributed by atoms with Gasteiger partial charge in [0.25, 0.3) is 0 Å². The van der Waals surface area contributed by atoms with Gasteiger partial charge in [0.2, 0.25) is 5.91 Å². The lowest BCUT2D eigenvalue weighted by molar-refractivity contribution is -0.113. The number of thiophene rings is 1. The van der Waals surface area contributed by atoms with E-state index in [0.29, 0.717) is 11.7 Å². The summed E-state index contributed by atoms with van der Waals surface area (Å²) in [4.78, 5) is 13.4. The van der Waals surface area contributed by atoms with Crippen molar-refractivity contribution in [1.82, 2.24) is 14.8 Å². The highest BCUT2D eigenvalue weighted by Gasteiger charge is 2.17. The zero-order chi connectivity index (χ0) is 19.3. The van der Waals surface area contributed by atoms with Gasteiger partial charge in [0.1, 0.15) is 5.76 Å². The highest BCUT2D eigenvalue weighted by molar-refractivity contribution is 9.10. The predicted molar refractivity (Wildman–Crippen MR) is 115 cm³/mol. The molecular weight excluding hydrogens is 460 g/mol. The van der Waals surface area contributed by atoms with Crippen LogP contribution in [0.5, 0.6) is 0 Å². The number of carbonyl (C=O) groups is 1. The Hall–Kier alpha value is -2.36. The Balaban J connectivity index is 1.51. The Kier molecular flexibility index (Phi) is 5.94. The number of amides is 1. The number of halogens is 1. The molecule has 0 atom stereocenters. The molecule has 0 saturated heterocycles. The Morgan fingerprint density at radius 3 is 2.82 bits per heavy atom. The van der Waals surface area contributed by atoms with Gasteiger partial charge in [-0.1, -0.05) is 30.0 Å².